The van der Waals surface area contributed by atoms with Crippen molar-refractivity contribution in [3.8, 4) is 17.3 Å². The quantitative estimate of drug-likeness (QED) is 0.490. The summed E-state index contributed by atoms with van der Waals surface area (Å²) in [5, 5.41) is 7.48. The average molecular weight is 433 g/mol. The molecule has 3 aromatic rings. The van der Waals surface area contributed by atoms with Crippen LogP contribution in [-0.2, 0) is 10.0 Å². The summed E-state index contributed by atoms with van der Waals surface area (Å²) in [7, 11) is -0.846. The number of nitrogens with zero attached hydrogens (tertiary/aromatic N) is 4. The Bertz CT molecular complexity index is 1130. The zero-order chi connectivity index (χ0) is 21.7. The molecule has 0 radical (unpaired) electrons. The van der Waals surface area contributed by atoms with Gasteiger partial charge in [0.1, 0.15) is 28.5 Å². The molecule has 2 N–H and O–H groups in total. The van der Waals surface area contributed by atoms with Gasteiger partial charge in [-0.2, -0.15) is 5.10 Å². The second kappa shape index (κ2) is 9.09. The number of ether oxygens (including phenoxy) is 2. The maximum atomic E-state index is 12.6. The van der Waals surface area contributed by atoms with Gasteiger partial charge in [-0.05, 0) is 32.0 Å². The molecule has 0 aliphatic heterocycles. The van der Waals surface area contributed by atoms with Crippen LogP contribution in [0.3, 0.4) is 0 Å². The third-order valence-electron chi connectivity index (χ3n) is 4.26. The Morgan fingerprint density at radius 3 is 2.50 bits per heavy atom. The van der Waals surface area contributed by atoms with Crippen molar-refractivity contribution in [1.29, 1.82) is 0 Å². The van der Waals surface area contributed by atoms with E-state index in [0.717, 1.165) is 11.4 Å². The molecule has 11 heteroatoms. The number of nitrogens with one attached hydrogen (secondary N) is 2. The zero-order valence-electron chi connectivity index (χ0n) is 17.2. The summed E-state index contributed by atoms with van der Waals surface area (Å²) in [6, 6.07) is 8.24. The van der Waals surface area contributed by atoms with Gasteiger partial charge in [-0.3, -0.25) is 0 Å². The van der Waals surface area contributed by atoms with Gasteiger partial charge in [0.25, 0.3) is 0 Å². The smallest absolute Gasteiger partial charge is 0.244 e. The Labute approximate surface area is 175 Å². The summed E-state index contributed by atoms with van der Waals surface area (Å²) < 4.78 is 39.8. The molecule has 30 heavy (non-hydrogen) atoms. The number of aromatic nitrogens is 4. The second-order valence-electron chi connectivity index (χ2n) is 6.44. The Hall–Kier alpha value is -3.18. The Balaban J connectivity index is 1.62. The van der Waals surface area contributed by atoms with Crippen LogP contribution in [0, 0.1) is 13.8 Å². The highest BCUT2D eigenvalue weighted by atomic mass is 32.2. The van der Waals surface area contributed by atoms with Crippen LogP contribution in [-0.4, -0.2) is 55.5 Å². The van der Waals surface area contributed by atoms with E-state index >= 15 is 0 Å². The van der Waals surface area contributed by atoms with Gasteiger partial charge in [-0.15, -0.1) is 0 Å². The molecule has 0 fully saturated rings. The number of hydrogen-bond donors (Lipinski definition) is 2. The van der Waals surface area contributed by atoms with Crippen molar-refractivity contribution < 1.29 is 17.9 Å². The van der Waals surface area contributed by atoms with E-state index in [1.165, 1.54) is 32.7 Å². The lowest BCUT2D eigenvalue weighted by Gasteiger charge is -2.12. The number of benzene rings is 1. The van der Waals surface area contributed by atoms with Crippen LogP contribution in [0.25, 0.3) is 5.82 Å². The highest BCUT2D eigenvalue weighted by Gasteiger charge is 2.19. The molecule has 0 aliphatic carbocycles. The van der Waals surface area contributed by atoms with Gasteiger partial charge in [-0.25, -0.2) is 27.8 Å². The lowest BCUT2D eigenvalue weighted by molar-refractivity contribution is 0.386. The van der Waals surface area contributed by atoms with E-state index in [0.29, 0.717) is 23.9 Å². The number of aryl methyl sites for hydroxylation is 2. The van der Waals surface area contributed by atoms with Crippen LogP contribution in [0.15, 0.2) is 41.6 Å². The number of anilines is 1. The standard InChI is InChI=1S/C19H24N6O4S/c1-13-9-14(2)25(24-13)19-11-18(21-12-22-19)20-7-8-23-30(26,27)17-6-5-15(28-3)10-16(17)29-4/h5-6,9-12,23H,7-8H2,1-4H3,(H,20,21,22). The van der Waals surface area contributed by atoms with Crippen molar-refractivity contribution in [2.45, 2.75) is 18.7 Å². The normalized spacial score (nSPS) is 11.3. The molecule has 0 spiro atoms. The van der Waals surface area contributed by atoms with E-state index in [1.54, 1.807) is 16.8 Å². The molecular weight excluding hydrogens is 408 g/mol. The van der Waals surface area contributed by atoms with E-state index in [1.807, 2.05) is 19.9 Å². The molecule has 1 aromatic carbocycles. The van der Waals surface area contributed by atoms with Gasteiger partial charge in [0.2, 0.25) is 10.0 Å². The summed E-state index contributed by atoms with van der Waals surface area (Å²) >= 11 is 0. The topological polar surface area (TPSA) is 120 Å². The molecule has 3 rings (SSSR count). The van der Waals surface area contributed by atoms with Crippen molar-refractivity contribution in [2.75, 3.05) is 32.6 Å². The Morgan fingerprint density at radius 2 is 1.83 bits per heavy atom. The number of hydrogen-bond acceptors (Lipinski definition) is 8. The molecule has 0 amide bonds. The minimum Gasteiger partial charge on any atom is -0.497 e. The molecule has 0 bridgehead atoms. The predicted molar refractivity (Wildman–Crippen MR) is 112 cm³/mol. The summed E-state index contributed by atoms with van der Waals surface area (Å²) in [4.78, 5) is 8.44. The fourth-order valence-electron chi connectivity index (χ4n) is 2.87. The van der Waals surface area contributed by atoms with Crippen LogP contribution in [0.4, 0.5) is 5.82 Å². The number of methoxy groups -OCH3 is 2. The van der Waals surface area contributed by atoms with Crippen LogP contribution in [0.1, 0.15) is 11.4 Å². The van der Waals surface area contributed by atoms with Crippen LogP contribution in [0.5, 0.6) is 11.5 Å². The predicted octanol–water partition coefficient (Wildman–Crippen LogP) is 1.69. The molecule has 10 nitrogen and oxygen atoms in total. The third kappa shape index (κ3) is 4.86. The van der Waals surface area contributed by atoms with Gasteiger partial charge < -0.3 is 14.8 Å². The molecule has 2 heterocycles. The molecule has 0 saturated heterocycles. The Morgan fingerprint density at radius 1 is 1.03 bits per heavy atom. The monoisotopic (exact) mass is 432 g/mol. The first-order valence-corrected chi connectivity index (χ1v) is 10.6. The van der Waals surface area contributed by atoms with Gasteiger partial charge in [-0.1, -0.05) is 0 Å². The van der Waals surface area contributed by atoms with E-state index in [9.17, 15) is 8.42 Å². The van der Waals surface area contributed by atoms with Crippen molar-refractivity contribution in [1.82, 2.24) is 24.5 Å². The minimum absolute atomic E-state index is 0.0413. The second-order valence-corrected chi connectivity index (χ2v) is 8.18. The molecule has 0 unspecified atom stereocenters. The van der Waals surface area contributed by atoms with Gasteiger partial charge in [0.15, 0.2) is 5.82 Å². The molecular formula is C19H24N6O4S. The highest BCUT2D eigenvalue weighted by molar-refractivity contribution is 7.89. The van der Waals surface area contributed by atoms with E-state index in [4.69, 9.17) is 9.47 Å². The molecule has 0 saturated carbocycles. The van der Waals surface area contributed by atoms with Crippen LogP contribution < -0.4 is 19.5 Å². The van der Waals surface area contributed by atoms with Crippen molar-refractivity contribution in [3.05, 3.63) is 48.0 Å². The summed E-state index contributed by atoms with van der Waals surface area (Å²) in [6.45, 7) is 4.33. The Kier molecular flexibility index (Phi) is 6.53. The van der Waals surface area contributed by atoms with Crippen molar-refractivity contribution in [2.24, 2.45) is 0 Å². The van der Waals surface area contributed by atoms with Gasteiger partial charge in [0.05, 0.1) is 19.9 Å². The summed E-state index contributed by atoms with van der Waals surface area (Å²) in [5.41, 5.74) is 1.85. The SMILES string of the molecule is COc1ccc(S(=O)(=O)NCCNc2cc(-n3nc(C)cc3C)ncn2)c(OC)c1. The average Bonchev–Trinajstić information content (AvgIpc) is 3.08. The lowest BCUT2D eigenvalue weighted by Crippen LogP contribution is -2.29. The molecule has 160 valence electrons. The summed E-state index contributed by atoms with van der Waals surface area (Å²) in [5.74, 6) is 1.91. The fourth-order valence-corrected chi connectivity index (χ4v) is 4.05. The molecule has 2 aromatic heterocycles. The number of sulfonamides is 1. The minimum atomic E-state index is -3.75. The van der Waals surface area contributed by atoms with Crippen molar-refractivity contribution in [3.63, 3.8) is 0 Å². The van der Waals surface area contributed by atoms with E-state index in [-0.39, 0.29) is 17.2 Å². The van der Waals surface area contributed by atoms with Crippen LogP contribution >= 0.6 is 0 Å². The van der Waals surface area contributed by atoms with Gasteiger partial charge in [0, 0.05) is 30.9 Å². The first kappa shape index (κ1) is 21.5. The van der Waals surface area contributed by atoms with Crippen molar-refractivity contribution >= 4 is 15.8 Å². The fraction of sp³-hybridized carbons (Fsp3) is 0.316. The van der Waals surface area contributed by atoms with E-state index < -0.39 is 10.0 Å². The molecule has 0 aliphatic rings. The first-order valence-electron chi connectivity index (χ1n) is 9.15. The summed E-state index contributed by atoms with van der Waals surface area (Å²) in [6.07, 6.45) is 1.43. The van der Waals surface area contributed by atoms with Crippen LogP contribution in [0.2, 0.25) is 0 Å². The molecule has 0 atom stereocenters. The lowest BCUT2D eigenvalue weighted by atomic mass is 10.3. The maximum Gasteiger partial charge on any atom is 0.244 e. The maximum absolute atomic E-state index is 12.6. The van der Waals surface area contributed by atoms with Gasteiger partial charge >= 0.3 is 0 Å². The zero-order valence-corrected chi connectivity index (χ0v) is 18.0. The first-order chi connectivity index (χ1) is 14.3. The largest absolute Gasteiger partial charge is 0.497 e. The van der Waals surface area contributed by atoms with E-state index in [2.05, 4.69) is 25.1 Å². The number of rotatable bonds is 9. The highest BCUT2D eigenvalue weighted by Crippen LogP contribution is 2.28. The third-order valence-corrected chi connectivity index (χ3v) is 5.76.